The van der Waals surface area contributed by atoms with Gasteiger partial charge in [-0.15, -0.1) is 0 Å². The Morgan fingerprint density at radius 3 is 2.05 bits per heavy atom. The molecular weight excluding hydrogens is 462 g/mol. The summed E-state index contributed by atoms with van der Waals surface area (Å²) < 4.78 is 34.4. The molecule has 2 aliphatic carbocycles. The van der Waals surface area contributed by atoms with Gasteiger partial charge in [0.05, 0.1) is 6.61 Å². The van der Waals surface area contributed by atoms with E-state index in [4.69, 9.17) is 4.74 Å². The number of hydrogen-bond donors (Lipinski definition) is 0. The van der Waals surface area contributed by atoms with Crippen molar-refractivity contribution in [1.82, 2.24) is 0 Å². The fraction of sp³-hybridized carbons (Fsp3) is 0.588. The van der Waals surface area contributed by atoms with Gasteiger partial charge in [0.15, 0.2) is 11.6 Å². The summed E-state index contributed by atoms with van der Waals surface area (Å²) in [5.74, 6) is 1.79. The van der Waals surface area contributed by atoms with Crippen molar-refractivity contribution in [3.8, 4) is 5.75 Å². The van der Waals surface area contributed by atoms with Crippen LogP contribution in [0.4, 0.5) is 8.78 Å². The van der Waals surface area contributed by atoms with Crippen molar-refractivity contribution >= 4 is 12.2 Å². The molecule has 1 nitrogen and oxygen atoms in total. The highest BCUT2D eigenvalue weighted by molar-refractivity contribution is 5.70. The smallest absolute Gasteiger partial charge is 0.201 e. The number of hydrogen-bond acceptors (Lipinski definition) is 1. The molecule has 37 heavy (non-hydrogen) atoms. The van der Waals surface area contributed by atoms with Gasteiger partial charge in [0.1, 0.15) is 0 Å². The Hall–Kier alpha value is -2.16. The molecule has 0 heterocycles. The molecule has 0 aliphatic heterocycles. The van der Waals surface area contributed by atoms with Crippen LogP contribution >= 0.6 is 0 Å². The minimum Gasteiger partial charge on any atom is -0.490 e. The maximum absolute atomic E-state index is 14.6. The molecule has 0 bridgehead atoms. The third-order valence-electron chi connectivity index (χ3n) is 8.97. The summed E-state index contributed by atoms with van der Waals surface area (Å²) in [6.45, 7) is 4.83. The molecule has 4 rings (SSSR count). The second-order valence-electron chi connectivity index (χ2n) is 11.5. The first-order valence-electron chi connectivity index (χ1n) is 15.0. The molecule has 2 aliphatic rings. The Morgan fingerprint density at radius 1 is 0.730 bits per heavy atom. The molecule has 202 valence electrons. The highest BCUT2D eigenvalue weighted by Gasteiger charge is 2.31. The van der Waals surface area contributed by atoms with Gasteiger partial charge in [-0.2, -0.15) is 4.39 Å². The predicted molar refractivity (Wildman–Crippen MR) is 152 cm³/mol. The van der Waals surface area contributed by atoms with Crippen LogP contribution in [-0.4, -0.2) is 6.61 Å². The second-order valence-corrected chi connectivity index (χ2v) is 11.5. The second kappa shape index (κ2) is 14.1. The van der Waals surface area contributed by atoms with E-state index in [0.717, 1.165) is 42.6 Å². The van der Waals surface area contributed by atoms with E-state index in [1.54, 1.807) is 12.1 Å². The lowest BCUT2D eigenvalue weighted by atomic mass is 9.68. The van der Waals surface area contributed by atoms with E-state index < -0.39 is 11.6 Å². The largest absolute Gasteiger partial charge is 0.490 e. The normalized spacial score (nSPS) is 24.4. The van der Waals surface area contributed by atoms with Crippen molar-refractivity contribution in [3.63, 3.8) is 0 Å². The van der Waals surface area contributed by atoms with E-state index in [-0.39, 0.29) is 11.3 Å². The van der Waals surface area contributed by atoms with Gasteiger partial charge in [-0.3, -0.25) is 0 Å². The van der Waals surface area contributed by atoms with Gasteiger partial charge in [0.2, 0.25) is 5.82 Å². The maximum Gasteiger partial charge on any atom is 0.201 e. The predicted octanol–water partition coefficient (Wildman–Crippen LogP) is 10.6. The first kappa shape index (κ1) is 27.9. The molecule has 0 radical (unpaired) electrons. The molecule has 0 spiro atoms. The highest BCUT2D eigenvalue weighted by Crippen LogP contribution is 2.44. The Labute approximate surface area is 223 Å². The SMILES string of the molecule is CCCCCOc1ccc(/C=C/c2ccc(C3CCC(C4CCC(CCC)CC4)CC3)cc2)c(F)c1F. The lowest BCUT2D eigenvalue weighted by Crippen LogP contribution is -2.25. The molecule has 0 N–H and O–H groups in total. The summed E-state index contributed by atoms with van der Waals surface area (Å²) in [7, 11) is 0. The van der Waals surface area contributed by atoms with Crippen molar-refractivity contribution in [2.45, 2.75) is 103 Å². The van der Waals surface area contributed by atoms with E-state index in [1.165, 1.54) is 75.8 Å². The van der Waals surface area contributed by atoms with E-state index in [0.29, 0.717) is 12.5 Å². The lowest BCUT2D eigenvalue weighted by molar-refractivity contribution is 0.156. The van der Waals surface area contributed by atoms with E-state index >= 15 is 0 Å². The van der Waals surface area contributed by atoms with Crippen molar-refractivity contribution in [1.29, 1.82) is 0 Å². The van der Waals surface area contributed by atoms with Crippen molar-refractivity contribution < 1.29 is 13.5 Å². The highest BCUT2D eigenvalue weighted by atomic mass is 19.2. The van der Waals surface area contributed by atoms with Crippen LogP contribution in [0.15, 0.2) is 36.4 Å². The van der Waals surface area contributed by atoms with Crippen LogP contribution in [0.25, 0.3) is 12.2 Å². The zero-order chi connectivity index (χ0) is 26.0. The zero-order valence-corrected chi connectivity index (χ0v) is 23.0. The summed E-state index contributed by atoms with van der Waals surface area (Å²) in [4.78, 5) is 0. The van der Waals surface area contributed by atoms with Gasteiger partial charge in [0, 0.05) is 5.56 Å². The fourth-order valence-corrected chi connectivity index (χ4v) is 6.67. The van der Waals surface area contributed by atoms with Gasteiger partial charge in [0.25, 0.3) is 0 Å². The first-order chi connectivity index (χ1) is 18.1. The average Bonchev–Trinajstić information content (AvgIpc) is 2.94. The Kier molecular flexibility index (Phi) is 10.6. The zero-order valence-electron chi connectivity index (χ0n) is 23.0. The van der Waals surface area contributed by atoms with Gasteiger partial charge in [-0.25, -0.2) is 4.39 Å². The van der Waals surface area contributed by atoms with Crippen molar-refractivity contribution in [3.05, 3.63) is 64.7 Å². The van der Waals surface area contributed by atoms with Crippen molar-refractivity contribution in [2.24, 2.45) is 17.8 Å². The summed E-state index contributed by atoms with van der Waals surface area (Å²) in [6, 6.07) is 11.8. The average molecular weight is 509 g/mol. The fourth-order valence-electron chi connectivity index (χ4n) is 6.67. The first-order valence-corrected chi connectivity index (χ1v) is 15.0. The summed E-state index contributed by atoms with van der Waals surface area (Å²) >= 11 is 0. The van der Waals surface area contributed by atoms with Gasteiger partial charge < -0.3 is 4.74 Å². The van der Waals surface area contributed by atoms with E-state index in [9.17, 15) is 8.78 Å². The van der Waals surface area contributed by atoms with Gasteiger partial charge in [-0.1, -0.05) is 88.8 Å². The number of benzene rings is 2. The van der Waals surface area contributed by atoms with Crippen molar-refractivity contribution in [2.75, 3.05) is 6.61 Å². The molecular formula is C34H46F2O. The molecule has 0 atom stereocenters. The number of halogens is 2. The summed E-state index contributed by atoms with van der Waals surface area (Å²) in [5, 5.41) is 0. The van der Waals surface area contributed by atoms with E-state index in [2.05, 4.69) is 38.1 Å². The molecule has 2 fully saturated rings. The molecule has 0 unspecified atom stereocenters. The third kappa shape index (κ3) is 7.68. The van der Waals surface area contributed by atoms with Crippen LogP contribution in [-0.2, 0) is 0 Å². The molecule has 0 amide bonds. The van der Waals surface area contributed by atoms with Crippen LogP contribution in [0.3, 0.4) is 0 Å². The number of unbranched alkanes of at least 4 members (excludes halogenated alkanes) is 2. The molecule has 2 saturated carbocycles. The van der Waals surface area contributed by atoms with Crippen LogP contribution in [0, 0.1) is 29.4 Å². The van der Waals surface area contributed by atoms with Crippen LogP contribution in [0.1, 0.15) is 120 Å². The molecule has 2 aromatic carbocycles. The quantitative estimate of drug-likeness (QED) is 0.217. The Morgan fingerprint density at radius 2 is 1.41 bits per heavy atom. The maximum atomic E-state index is 14.6. The molecule has 0 saturated heterocycles. The topological polar surface area (TPSA) is 9.23 Å². The molecule has 3 heteroatoms. The number of ether oxygens (including phenoxy) is 1. The third-order valence-corrected chi connectivity index (χ3v) is 8.97. The monoisotopic (exact) mass is 508 g/mol. The standard InChI is InChI=1S/C34H46F2O/c1-3-5-6-24-37-32-23-22-31(33(35)34(32)36)17-12-26-10-15-28(16-11-26)30-20-18-29(19-21-30)27-13-8-25(7-4-2)9-14-27/h10-12,15-17,22-23,25,27,29-30H,3-9,13-14,18-21,24H2,1-2H3/b17-12+. The van der Waals surface area contributed by atoms with Gasteiger partial charge >= 0.3 is 0 Å². The minimum absolute atomic E-state index is 0.00555. The number of rotatable bonds is 11. The molecule has 0 aromatic heterocycles. The van der Waals surface area contributed by atoms with Crippen LogP contribution in [0.5, 0.6) is 5.75 Å². The lowest BCUT2D eigenvalue weighted by Gasteiger charge is -2.38. The summed E-state index contributed by atoms with van der Waals surface area (Å²) in [6.07, 6.45) is 20.4. The van der Waals surface area contributed by atoms with Crippen LogP contribution in [0.2, 0.25) is 0 Å². The Bertz CT molecular complexity index is 980. The Balaban J connectivity index is 1.27. The molecule has 2 aromatic rings. The summed E-state index contributed by atoms with van der Waals surface area (Å²) in [5.41, 5.74) is 2.66. The van der Waals surface area contributed by atoms with Gasteiger partial charge in [-0.05, 0) is 91.9 Å². The van der Waals surface area contributed by atoms with Crippen LogP contribution < -0.4 is 4.74 Å². The van der Waals surface area contributed by atoms with E-state index in [1.807, 2.05) is 6.08 Å². The minimum atomic E-state index is -0.904.